The van der Waals surface area contributed by atoms with Gasteiger partial charge in [0.25, 0.3) is 0 Å². The molecule has 0 bridgehead atoms. The molecule has 0 radical (unpaired) electrons. The average Bonchev–Trinajstić information content (AvgIpc) is 2.16. The molecule has 1 N–H and O–H groups in total. The Morgan fingerprint density at radius 2 is 1.38 bits per heavy atom. The number of hydrogen-bond donors (Lipinski definition) is 1. The third-order valence-corrected chi connectivity index (χ3v) is 1.72. The van der Waals surface area contributed by atoms with Gasteiger partial charge in [-0.05, 0) is 0 Å². The monoisotopic (exact) mass is 403 g/mol. The van der Waals surface area contributed by atoms with Crippen molar-refractivity contribution >= 4 is 17.9 Å². The van der Waals surface area contributed by atoms with E-state index in [2.05, 4.69) is 0 Å². The molecule has 86 valence electrons. The van der Waals surface area contributed by atoms with E-state index in [1.807, 2.05) is 0 Å². The molecule has 16 heavy (non-hydrogen) atoms. The Morgan fingerprint density at radius 1 is 1.00 bits per heavy atom. The van der Waals surface area contributed by atoms with E-state index in [4.69, 9.17) is 5.11 Å². The molecule has 0 aromatic heterocycles. The van der Waals surface area contributed by atoms with Gasteiger partial charge >= 0.3 is 27.0 Å². The first-order valence-corrected chi connectivity index (χ1v) is 3.74. The van der Waals surface area contributed by atoms with Crippen molar-refractivity contribution in [3.05, 3.63) is 34.9 Å². The first-order chi connectivity index (χ1) is 6.95. The summed E-state index contributed by atoms with van der Waals surface area (Å²) in [7, 11) is 0. The number of rotatable bonds is 3. The summed E-state index contributed by atoms with van der Waals surface area (Å²) in [6.45, 7) is 0. The molecule has 0 unspecified atom stereocenters. The molecular weight excluding hydrogens is 399 g/mol. The molecule has 0 saturated carbocycles. The minimum atomic E-state index is -1.75. The van der Waals surface area contributed by atoms with E-state index in [0.717, 1.165) is 18.2 Å². The van der Waals surface area contributed by atoms with Crippen LogP contribution >= 0.6 is 0 Å². The van der Waals surface area contributed by atoms with Crippen LogP contribution < -0.4 is 10.2 Å². The zero-order chi connectivity index (χ0) is 11.6. The summed E-state index contributed by atoms with van der Waals surface area (Å²) in [5.74, 6) is -5.17. The zero-order valence-corrected chi connectivity index (χ0v) is 9.81. The molecule has 1 aromatic carbocycles. The van der Waals surface area contributed by atoms with Crippen LogP contribution in [0.4, 0.5) is 0 Å². The standard InChI is InChI=1S/C9H6O6.Pt/c10-7(11)4-2-1-3-5(8(12)13)6(4)9(14)15;/h1-3H,(H,10,11)(H,12,13)(H,14,15);/q;+2/p-2. The van der Waals surface area contributed by atoms with Gasteiger partial charge in [0.1, 0.15) is 0 Å². The van der Waals surface area contributed by atoms with Gasteiger partial charge in [0.15, 0.2) is 0 Å². The fraction of sp³-hybridized carbons (Fsp3) is 0. The van der Waals surface area contributed by atoms with Crippen LogP contribution in [0.5, 0.6) is 0 Å². The predicted molar refractivity (Wildman–Crippen MR) is 42.1 cm³/mol. The third-order valence-electron chi connectivity index (χ3n) is 1.72. The molecule has 0 aliphatic heterocycles. The van der Waals surface area contributed by atoms with E-state index in [9.17, 15) is 24.6 Å². The Balaban J connectivity index is 0.00000225. The van der Waals surface area contributed by atoms with Crippen molar-refractivity contribution in [2.75, 3.05) is 0 Å². The second-order valence-corrected chi connectivity index (χ2v) is 2.61. The van der Waals surface area contributed by atoms with E-state index >= 15 is 0 Å². The molecule has 6 nitrogen and oxygen atoms in total. The summed E-state index contributed by atoms with van der Waals surface area (Å²) in [6, 6.07) is 3.00. The summed E-state index contributed by atoms with van der Waals surface area (Å²) in [5.41, 5.74) is -2.22. The quantitative estimate of drug-likeness (QED) is 0.631. The predicted octanol–water partition coefficient (Wildman–Crippen LogP) is -1.89. The van der Waals surface area contributed by atoms with Gasteiger partial charge in [-0.3, -0.25) is 0 Å². The molecule has 0 aliphatic carbocycles. The van der Waals surface area contributed by atoms with Crippen LogP contribution in [0.2, 0.25) is 0 Å². The Morgan fingerprint density at radius 3 is 1.62 bits per heavy atom. The largest absolute Gasteiger partial charge is 2.00 e. The van der Waals surface area contributed by atoms with Crippen molar-refractivity contribution in [3.63, 3.8) is 0 Å². The van der Waals surface area contributed by atoms with Gasteiger partial charge in [-0.2, -0.15) is 0 Å². The van der Waals surface area contributed by atoms with Gasteiger partial charge in [0.05, 0.1) is 17.5 Å². The van der Waals surface area contributed by atoms with Crippen LogP contribution in [0.25, 0.3) is 0 Å². The first kappa shape index (κ1) is 14.3. The van der Waals surface area contributed by atoms with Crippen LogP contribution in [-0.4, -0.2) is 23.0 Å². The third kappa shape index (κ3) is 2.67. The summed E-state index contributed by atoms with van der Waals surface area (Å²) < 4.78 is 0. The van der Waals surface area contributed by atoms with Crippen molar-refractivity contribution in [2.24, 2.45) is 0 Å². The Hall–Kier alpha value is -1.68. The maximum Gasteiger partial charge on any atom is 2.00 e. The fourth-order valence-electron chi connectivity index (χ4n) is 1.12. The average molecular weight is 403 g/mol. The molecule has 0 amide bonds. The van der Waals surface area contributed by atoms with Gasteiger partial charge in [-0.25, -0.2) is 4.79 Å². The van der Waals surface area contributed by atoms with Crippen molar-refractivity contribution in [1.29, 1.82) is 0 Å². The second kappa shape index (κ2) is 5.42. The Labute approximate surface area is 104 Å². The van der Waals surface area contributed by atoms with E-state index < -0.39 is 34.6 Å². The Bertz CT molecular complexity index is 421. The van der Waals surface area contributed by atoms with Crippen LogP contribution in [0, 0.1) is 0 Å². The van der Waals surface area contributed by atoms with Gasteiger partial charge in [0.2, 0.25) is 0 Å². The summed E-state index contributed by atoms with van der Waals surface area (Å²) in [4.78, 5) is 31.7. The van der Waals surface area contributed by atoms with Crippen molar-refractivity contribution in [2.45, 2.75) is 0 Å². The van der Waals surface area contributed by atoms with Crippen LogP contribution in [0.3, 0.4) is 0 Å². The maximum absolute atomic E-state index is 10.7. The normalized spacial score (nSPS) is 9.00. The molecule has 0 aliphatic rings. The number of benzene rings is 1. The van der Waals surface area contributed by atoms with Crippen LogP contribution in [-0.2, 0) is 21.1 Å². The molecular formula is C9H4O6Pt. The van der Waals surface area contributed by atoms with E-state index in [1.165, 1.54) is 0 Å². The van der Waals surface area contributed by atoms with Crippen molar-refractivity contribution in [1.82, 2.24) is 0 Å². The zero-order valence-electron chi connectivity index (χ0n) is 7.54. The molecule has 0 atom stereocenters. The van der Waals surface area contributed by atoms with E-state index in [-0.39, 0.29) is 21.1 Å². The molecule has 7 heteroatoms. The van der Waals surface area contributed by atoms with E-state index in [1.54, 1.807) is 0 Å². The molecule has 0 spiro atoms. The van der Waals surface area contributed by atoms with Gasteiger partial charge in [0, 0.05) is 11.1 Å². The maximum atomic E-state index is 10.7. The second-order valence-electron chi connectivity index (χ2n) is 2.61. The molecule has 0 saturated heterocycles. The number of carbonyl (C=O) groups excluding carboxylic acids is 2. The number of carboxylic acids is 3. The minimum Gasteiger partial charge on any atom is -0.545 e. The summed E-state index contributed by atoms with van der Waals surface area (Å²) >= 11 is 0. The summed E-state index contributed by atoms with van der Waals surface area (Å²) in [5, 5.41) is 29.7. The smallest absolute Gasteiger partial charge is 0.545 e. The van der Waals surface area contributed by atoms with Crippen LogP contribution in [0.15, 0.2) is 18.2 Å². The fourth-order valence-corrected chi connectivity index (χ4v) is 1.12. The van der Waals surface area contributed by atoms with Crippen molar-refractivity contribution < 1.29 is 50.8 Å². The summed E-state index contributed by atoms with van der Waals surface area (Å²) in [6.07, 6.45) is 0. The molecule has 0 heterocycles. The molecule has 0 fully saturated rings. The van der Waals surface area contributed by atoms with Crippen molar-refractivity contribution in [3.8, 4) is 0 Å². The Kier molecular flexibility index (Phi) is 4.85. The topological polar surface area (TPSA) is 118 Å². The van der Waals surface area contributed by atoms with Crippen LogP contribution in [0.1, 0.15) is 31.1 Å². The number of aromatic carboxylic acids is 3. The van der Waals surface area contributed by atoms with Gasteiger partial charge in [-0.1, -0.05) is 18.2 Å². The SMILES string of the molecule is O=C([O-])c1cccc(C(=O)[O-])c1C(=O)O.[Pt+2]. The number of carbonyl (C=O) groups is 3. The van der Waals surface area contributed by atoms with Gasteiger partial charge < -0.3 is 24.9 Å². The molecule has 1 rings (SSSR count). The van der Waals surface area contributed by atoms with Gasteiger partial charge in [-0.15, -0.1) is 0 Å². The minimum absolute atomic E-state index is 0. The van der Waals surface area contributed by atoms with E-state index in [0.29, 0.717) is 0 Å². The number of hydrogen-bond acceptors (Lipinski definition) is 5. The number of carboxylic acid groups (broad SMARTS) is 3. The molecule has 1 aromatic rings. The first-order valence-electron chi connectivity index (χ1n) is 3.74.